The van der Waals surface area contributed by atoms with E-state index in [-0.39, 0.29) is 11.6 Å². The van der Waals surface area contributed by atoms with Crippen LogP contribution < -0.4 is 15.4 Å². The molecular weight excluding hydrogens is 294 g/mol. The number of benzene rings is 1. The van der Waals surface area contributed by atoms with Gasteiger partial charge >= 0.3 is 0 Å². The molecule has 122 valence electrons. The van der Waals surface area contributed by atoms with Crippen LogP contribution in [0.5, 0.6) is 5.75 Å². The lowest BCUT2D eigenvalue weighted by Crippen LogP contribution is -2.21. The van der Waals surface area contributed by atoms with Crippen LogP contribution in [-0.2, 0) is 0 Å². The summed E-state index contributed by atoms with van der Waals surface area (Å²) >= 11 is 0. The fourth-order valence-corrected chi connectivity index (χ4v) is 1.84. The van der Waals surface area contributed by atoms with E-state index >= 15 is 0 Å². The van der Waals surface area contributed by atoms with E-state index in [2.05, 4.69) is 25.5 Å². The largest absolute Gasteiger partial charge is 0.497 e. The van der Waals surface area contributed by atoms with Crippen LogP contribution in [0.25, 0.3) is 0 Å². The van der Waals surface area contributed by atoms with Crippen LogP contribution in [-0.4, -0.2) is 55.1 Å². The highest BCUT2D eigenvalue weighted by Gasteiger charge is 2.09. The summed E-state index contributed by atoms with van der Waals surface area (Å²) in [5, 5.41) is 5.91. The smallest absolute Gasteiger partial charge is 0.275 e. The number of hydrogen-bond acceptors (Lipinski definition) is 6. The molecule has 0 radical (unpaired) electrons. The molecular formula is C16H21N5O2. The van der Waals surface area contributed by atoms with Gasteiger partial charge in [-0.2, -0.15) is 0 Å². The Kier molecular flexibility index (Phi) is 5.87. The summed E-state index contributed by atoms with van der Waals surface area (Å²) in [7, 11) is 5.58. The van der Waals surface area contributed by atoms with Crippen molar-refractivity contribution in [3.05, 3.63) is 42.4 Å². The predicted molar refractivity (Wildman–Crippen MR) is 90.0 cm³/mol. The maximum Gasteiger partial charge on any atom is 0.275 e. The average Bonchev–Trinajstić information content (AvgIpc) is 2.55. The third kappa shape index (κ3) is 5.23. The van der Waals surface area contributed by atoms with Crippen LogP contribution >= 0.6 is 0 Å². The van der Waals surface area contributed by atoms with Gasteiger partial charge in [0.25, 0.3) is 5.91 Å². The molecule has 0 spiro atoms. The molecule has 2 N–H and O–H groups in total. The number of hydrogen-bond donors (Lipinski definition) is 2. The van der Waals surface area contributed by atoms with E-state index in [0.29, 0.717) is 17.3 Å². The molecule has 0 aliphatic rings. The van der Waals surface area contributed by atoms with Crippen molar-refractivity contribution in [1.82, 2.24) is 14.9 Å². The Morgan fingerprint density at radius 1 is 1.26 bits per heavy atom. The van der Waals surface area contributed by atoms with Gasteiger partial charge in [0.15, 0.2) is 0 Å². The van der Waals surface area contributed by atoms with Gasteiger partial charge in [0, 0.05) is 24.8 Å². The molecule has 0 saturated heterocycles. The van der Waals surface area contributed by atoms with E-state index < -0.39 is 0 Å². The van der Waals surface area contributed by atoms with Crippen LogP contribution in [0.15, 0.2) is 36.7 Å². The minimum atomic E-state index is -0.314. The highest BCUT2D eigenvalue weighted by molar-refractivity contribution is 6.02. The molecule has 0 aliphatic heterocycles. The Morgan fingerprint density at radius 2 is 2.09 bits per heavy atom. The standard InChI is InChI=1S/C16H21N5O2/c1-21(2)8-7-17-15-11-18-14(10-19-15)16(22)20-12-5-4-6-13(9-12)23-3/h4-6,9-11H,7-8H2,1-3H3,(H,17,19)(H,20,22). The summed E-state index contributed by atoms with van der Waals surface area (Å²) in [6.07, 6.45) is 3.00. The predicted octanol–water partition coefficient (Wildman–Crippen LogP) is 1.71. The van der Waals surface area contributed by atoms with Crippen molar-refractivity contribution in [3.8, 4) is 5.75 Å². The number of nitrogens with one attached hydrogen (secondary N) is 2. The topological polar surface area (TPSA) is 79.4 Å². The van der Waals surface area contributed by atoms with E-state index in [9.17, 15) is 4.79 Å². The lowest BCUT2D eigenvalue weighted by atomic mass is 10.3. The van der Waals surface area contributed by atoms with Crippen LogP contribution in [0.3, 0.4) is 0 Å². The zero-order valence-electron chi connectivity index (χ0n) is 13.5. The Labute approximate surface area is 135 Å². The fraction of sp³-hybridized carbons (Fsp3) is 0.312. The van der Waals surface area contributed by atoms with Crippen molar-refractivity contribution in [2.45, 2.75) is 0 Å². The molecule has 7 heteroatoms. The molecule has 0 fully saturated rings. The molecule has 2 rings (SSSR count). The van der Waals surface area contributed by atoms with Crippen molar-refractivity contribution in [1.29, 1.82) is 0 Å². The second-order valence-corrected chi connectivity index (χ2v) is 5.20. The zero-order chi connectivity index (χ0) is 16.7. The lowest BCUT2D eigenvalue weighted by Gasteiger charge is -2.10. The van der Waals surface area contributed by atoms with Gasteiger partial charge in [-0.3, -0.25) is 4.79 Å². The minimum absolute atomic E-state index is 0.256. The summed E-state index contributed by atoms with van der Waals surface area (Å²) < 4.78 is 5.12. The monoisotopic (exact) mass is 315 g/mol. The Morgan fingerprint density at radius 3 is 2.74 bits per heavy atom. The lowest BCUT2D eigenvalue weighted by molar-refractivity contribution is 0.102. The molecule has 1 heterocycles. The third-order valence-corrected chi connectivity index (χ3v) is 3.08. The number of rotatable bonds is 7. The molecule has 23 heavy (non-hydrogen) atoms. The first-order valence-corrected chi connectivity index (χ1v) is 7.24. The first-order valence-electron chi connectivity index (χ1n) is 7.24. The molecule has 0 atom stereocenters. The molecule has 0 unspecified atom stereocenters. The second kappa shape index (κ2) is 8.09. The first-order chi connectivity index (χ1) is 11.1. The van der Waals surface area contributed by atoms with Crippen LogP contribution in [0, 0.1) is 0 Å². The van der Waals surface area contributed by atoms with Gasteiger partial charge in [0.2, 0.25) is 0 Å². The van der Waals surface area contributed by atoms with Gasteiger partial charge in [0.1, 0.15) is 17.3 Å². The van der Waals surface area contributed by atoms with E-state index in [4.69, 9.17) is 4.74 Å². The minimum Gasteiger partial charge on any atom is -0.497 e. The van der Waals surface area contributed by atoms with Gasteiger partial charge in [-0.25, -0.2) is 9.97 Å². The van der Waals surface area contributed by atoms with Crippen molar-refractivity contribution in [3.63, 3.8) is 0 Å². The SMILES string of the molecule is COc1cccc(NC(=O)c2cnc(NCCN(C)C)cn2)c1. The number of anilines is 2. The molecule has 2 aromatic rings. The molecule has 0 aliphatic carbocycles. The molecule has 1 amide bonds. The van der Waals surface area contributed by atoms with E-state index in [1.54, 1.807) is 31.5 Å². The molecule has 0 saturated carbocycles. The van der Waals surface area contributed by atoms with E-state index in [0.717, 1.165) is 13.1 Å². The third-order valence-electron chi connectivity index (χ3n) is 3.08. The van der Waals surface area contributed by atoms with Gasteiger partial charge in [-0.15, -0.1) is 0 Å². The number of amides is 1. The summed E-state index contributed by atoms with van der Waals surface area (Å²) in [5.74, 6) is 1.00. The number of ether oxygens (including phenoxy) is 1. The second-order valence-electron chi connectivity index (χ2n) is 5.20. The number of nitrogens with zero attached hydrogens (tertiary/aromatic N) is 3. The Balaban J connectivity index is 1.94. The fourth-order valence-electron chi connectivity index (χ4n) is 1.84. The van der Waals surface area contributed by atoms with Crippen molar-refractivity contribution in [2.24, 2.45) is 0 Å². The molecule has 1 aromatic heterocycles. The first kappa shape index (κ1) is 16.7. The van der Waals surface area contributed by atoms with Crippen LogP contribution in [0.2, 0.25) is 0 Å². The normalized spacial score (nSPS) is 10.4. The highest BCUT2D eigenvalue weighted by Crippen LogP contribution is 2.17. The van der Waals surface area contributed by atoms with Crippen molar-refractivity contribution < 1.29 is 9.53 Å². The zero-order valence-corrected chi connectivity index (χ0v) is 13.5. The molecule has 0 bridgehead atoms. The van der Waals surface area contributed by atoms with Crippen LogP contribution in [0.1, 0.15) is 10.5 Å². The quantitative estimate of drug-likeness (QED) is 0.810. The van der Waals surface area contributed by atoms with Gasteiger partial charge in [0.05, 0.1) is 19.5 Å². The molecule has 7 nitrogen and oxygen atoms in total. The highest BCUT2D eigenvalue weighted by atomic mass is 16.5. The van der Waals surface area contributed by atoms with E-state index in [1.165, 1.54) is 6.20 Å². The van der Waals surface area contributed by atoms with Crippen molar-refractivity contribution in [2.75, 3.05) is 44.9 Å². The number of methoxy groups -OCH3 is 1. The number of likely N-dealkylation sites (N-methyl/N-ethyl adjacent to an activating group) is 1. The summed E-state index contributed by atoms with van der Waals surface area (Å²) in [5.41, 5.74) is 0.898. The molecule has 1 aromatic carbocycles. The number of carbonyl (C=O) groups excluding carboxylic acids is 1. The van der Waals surface area contributed by atoms with Gasteiger partial charge < -0.3 is 20.3 Å². The maximum atomic E-state index is 12.1. The maximum absolute atomic E-state index is 12.1. The summed E-state index contributed by atoms with van der Waals surface area (Å²) in [4.78, 5) is 22.5. The Bertz CT molecular complexity index is 643. The summed E-state index contributed by atoms with van der Waals surface area (Å²) in [6.45, 7) is 1.65. The van der Waals surface area contributed by atoms with Crippen LogP contribution in [0.4, 0.5) is 11.5 Å². The number of carbonyl (C=O) groups is 1. The average molecular weight is 315 g/mol. The van der Waals surface area contributed by atoms with Gasteiger partial charge in [-0.05, 0) is 26.2 Å². The number of aromatic nitrogens is 2. The summed E-state index contributed by atoms with van der Waals surface area (Å²) in [6, 6.07) is 7.13. The van der Waals surface area contributed by atoms with E-state index in [1.807, 2.05) is 20.2 Å². The Hall–Kier alpha value is -2.67. The van der Waals surface area contributed by atoms with Crippen molar-refractivity contribution >= 4 is 17.4 Å². The van der Waals surface area contributed by atoms with Gasteiger partial charge in [-0.1, -0.05) is 6.07 Å².